The predicted octanol–water partition coefficient (Wildman–Crippen LogP) is 2.99. The van der Waals surface area contributed by atoms with Crippen molar-refractivity contribution in [2.45, 2.75) is 18.6 Å². The summed E-state index contributed by atoms with van der Waals surface area (Å²) in [5.74, 6) is 0.490. The summed E-state index contributed by atoms with van der Waals surface area (Å²) in [6.45, 7) is 2.24. The molecule has 1 amide bonds. The Hall–Kier alpha value is -1.99. The lowest BCUT2D eigenvalue weighted by Crippen LogP contribution is -2.26. The maximum absolute atomic E-state index is 12.4. The van der Waals surface area contributed by atoms with Gasteiger partial charge in [0.2, 0.25) is 11.1 Å². The number of nitrogens with one attached hydrogen (secondary N) is 2. The third kappa shape index (κ3) is 2.95. The van der Waals surface area contributed by atoms with Crippen LogP contribution in [0.4, 0.5) is 11.6 Å². The Bertz CT molecular complexity index is 753. The van der Waals surface area contributed by atoms with Crippen molar-refractivity contribution in [2.75, 3.05) is 16.9 Å². The normalized spacial score (nSPS) is 13.6. The molecule has 0 atom stereocenters. The number of nitrogens with zero attached hydrogens (tertiary/aromatic N) is 3. The van der Waals surface area contributed by atoms with Crippen molar-refractivity contribution in [2.24, 2.45) is 0 Å². The fourth-order valence-electron chi connectivity index (χ4n) is 2.10. The van der Waals surface area contributed by atoms with E-state index in [1.165, 1.54) is 11.8 Å². The molecule has 2 N–H and O–H groups in total. The summed E-state index contributed by atoms with van der Waals surface area (Å²) in [6.07, 6.45) is 1.91. The standard InChI is InChI=1S/C14H14ClN5OS/c1-8-11(7-20-13(16-8)18-14(19-20)22-2)12(21)17-10-5-3-9(15)4-6-10/h3-6H,7H2,1-2H3,(H,17,21)(H,16,18,19). The number of amides is 1. The van der Waals surface area contributed by atoms with Gasteiger partial charge in [-0.15, -0.1) is 5.10 Å². The Labute approximate surface area is 136 Å². The van der Waals surface area contributed by atoms with E-state index < -0.39 is 0 Å². The van der Waals surface area contributed by atoms with Gasteiger partial charge in [0.15, 0.2) is 0 Å². The lowest BCUT2D eigenvalue weighted by molar-refractivity contribution is -0.113. The third-order valence-electron chi connectivity index (χ3n) is 3.27. The summed E-state index contributed by atoms with van der Waals surface area (Å²) >= 11 is 7.30. The summed E-state index contributed by atoms with van der Waals surface area (Å²) in [6, 6.07) is 6.99. The van der Waals surface area contributed by atoms with E-state index in [0.717, 1.165) is 5.70 Å². The number of rotatable bonds is 3. The van der Waals surface area contributed by atoms with Crippen LogP contribution in [0.15, 0.2) is 40.7 Å². The monoisotopic (exact) mass is 335 g/mol. The van der Waals surface area contributed by atoms with Gasteiger partial charge in [0, 0.05) is 16.4 Å². The molecule has 2 heterocycles. The molecule has 1 aromatic carbocycles. The van der Waals surface area contributed by atoms with Crippen LogP contribution >= 0.6 is 23.4 Å². The highest BCUT2D eigenvalue weighted by Gasteiger charge is 2.23. The van der Waals surface area contributed by atoms with Gasteiger partial charge < -0.3 is 10.6 Å². The highest BCUT2D eigenvalue weighted by Crippen LogP contribution is 2.23. The minimum absolute atomic E-state index is 0.167. The average molecular weight is 336 g/mol. The quantitative estimate of drug-likeness (QED) is 0.844. The molecule has 3 rings (SSSR count). The Morgan fingerprint density at radius 2 is 2.14 bits per heavy atom. The van der Waals surface area contributed by atoms with Gasteiger partial charge in [-0.05, 0) is 37.4 Å². The maximum Gasteiger partial charge on any atom is 0.255 e. The highest BCUT2D eigenvalue weighted by molar-refractivity contribution is 7.98. The fraction of sp³-hybridized carbons (Fsp3) is 0.214. The third-order valence-corrected chi connectivity index (χ3v) is 4.06. The number of hydrogen-bond acceptors (Lipinski definition) is 5. The van der Waals surface area contributed by atoms with Crippen molar-refractivity contribution in [3.05, 3.63) is 40.6 Å². The molecule has 1 aromatic heterocycles. The van der Waals surface area contributed by atoms with Crippen LogP contribution in [0.25, 0.3) is 0 Å². The second-order valence-electron chi connectivity index (χ2n) is 4.77. The van der Waals surface area contributed by atoms with Gasteiger partial charge in [-0.1, -0.05) is 23.4 Å². The first kappa shape index (κ1) is 14.9. The Balaban J connectivity index is 1.78. The lowest BCUT2D eigenvalue weighted by Gasteiger charge is -2.19. The van der Waals surface area contributed by atoms with E-state index in [1.54, 1.807) is 28.9 Å². The topological polar surface area (TPSA) is 71.8 Å². The van der Waals surface area contributed by atoms with Gasteiger partial charge in [0.25, 0.3) is 5.91 Å². The zero-order valence-corrected chi connectivity index (χ0v) is 13.6. The largest absolute Gasteiger partial charge is 0.328 e. The van der Waals surface area contributed by atoms with Gasteiger partial charge >= 0.3 is 0 Å². The maximum atomic E-state index is 12.4. The summed E-state index contributed by atoms with van der Waals surface area (Å²) in [5, 5.41) is 11.6. The molecule has 0 radical (unpaired) electrons. The summed E-state index contributed by atoms with van der Waals surface area (Å²) in [7, 11) is 0. The van der Waals surface area contributed by atoms with Crippen molar-refractivity contribution in [3.8, 4) is 0 Å². The molecule has 0 saturated heterocycles. The summed E-state index contributed by atoms with van der Waals surface area (Å²) in [5.41, 5.74) is 2.10. The molecular weight excluding hydrogens is 322 g/mol. The van der Waals surface area contributed by atoms with Crippen LogP contribution in [0.1, 0.15) is 6.92 Å². The van der Waals surface area contributed by atoms with Crippen molar-refractivity contribution in [1.29, 1.82) is 0 Å². The molecule has 6 nitrogen and oxygen atoms in total. The number of aromatic nitrogens is 3. The molecule has 2 aromatic rings. The number of carbonyl (C=O) groups excluding carboxylic acids is 1. The first-order valence-electron chi connectivity index (χ1n) is 6.59. The first-order valence-corrected chi connectivity index (χ1v) is 8.19. The zero-order chi connectivity index (χ0) is 15.7. The number of anilines is 2. The second-order valence-corrected chi connectivity index (χ2v) is 5.98. The van der Waals surface area contributed by atoms with Crippen LogP contribution in [-0.4, -0.2) is 26.9 Å². The minimum atomic E-state index is -0.167. The molecule has 0 spiro atoms. The van der Waals surface area contributed by atoms with Crippen molar-refractivity contribution in [3.63, 3.8) is 0 Å². The molecule has 1 aliphatic heterocycles. The Morgan fingerprint density at radius 3 is 2.82 bits per heavy atom. The van der Waals surface area contributed by atoms with Crippen LogP contribution in [0.5, 0.6) is 0 Å². The van der Waals surface area contributed by atoms with Crippen LogP contribution in [0.2, 0.25) is 5.02 Å². The van der Waals surface area contributed by atoms with Gasteiger partial charge in [-0.3, -0.25) is 4.79 Å². The van der Waals surface area contributed by atoms with Gasteiger partial charge in [-0.2, -0.15) is 4.98 Å². The number of carbonyl (C=O) groups is 1. The molecule has 1 aliphatic rings. The Morgan fingerprint density at radius 1 is 1.41 bits per heavy atom. The fourth-order valence-corrected chi connectivity index (χ4v) is 2.59. The van der Waals surface area contributed by atoms with E-state index in [2.05, 4.69) is 20.7 Å². The molecule has 8 heteroatoms. The molecule has 0 aliphatic carbocycles. The SMILES string of the molecule is CSc1nc2n(n1)CC(C(=O)Nc1ccc(Cl)cc1)=C(C)N2. The number of hydrogen-bond donors (Lipinski definition) is 2. The Kier molecular flexibility index (Phi) is 4.08. The molecule has 0 saturated carbocycles. The predicted molar refractivity (Wildman–Crippen MR) is 88.2 cm³/mol. The first-order chi connectivity index (χ1) is 10.6. The van der Waals surface area contributed by atoms with E-state index in [9.17, 15) is 4.79 Å². The zero-order valence-electron chi connectivity index (χ0n) is 12.1. The average Bonchev–Trinajstić information content (AvgIpc) is 2.90. The molecule has 0 fully saturated rings. The molecular formula is C14H14ClN5OS. The van der Waals surface area contributed by atoms with Gasteiger partial charge in [0.1, 0.15) is 0 Å². The van der Waals surface area contributed by atoms with Crippen molar-refractivity contribution in [1.82, 2.24) is 14.8 Å². The van der Waals surface area contributed by atoms with Crippen LogP contribution in [-0.2, 0) is 11.3 Å². The van der Waals surface area contributed by atoms with Crippen LogP contribution < -0.4 is 10.6 Å². The van der Waals surface area contributed by atoms with Crippen molar-refractivity contribution >= 4 is 40.9 Å². The minimum Gasteiger partial charge on any atom is -0.328 e. The molecule has 114 valence electrons. The number of benzene rings is 1. The number of allylic oxidation sites excluding steroid dienone is 1. The second kappa shape index (κ2) is 6.02. The van der Waals surface area contributed by atoms with Gasteiger partial charge in [-0.25, -0.2) is 4.68 Å². The van der Waals surface area contributed by atoms with Crippen LogP contribution in [0.3, 0.4) is 0 Å². The number of halogens is 1. The molecule has 22 heavy (non-hydrogen) atoms. The van der Waals surface area contributed by atoms with Gasteiger partial charge in [0.05, 0.1) is 12.1 Å². The van der Waals surface area contributed by atoms with E-state index in [4.69, 9.17) is 11.6 Å². The number of thioether (sulfide) groups is 1. The summed E-state index contributed by atoms with van der Waals surface area (Å²) < 4.78 is 1.69. The molecule has 0 unspecified atom stereocenters. The lowest BCUT2D eigenvalue weighted by atomic mass is 10.1. The van der Waals surface area contributed by atoms with Crippen LogP contribution in [0, 0.1) is 0 Å². The van der Waals surface area contributed by atoms with E-state index >= 15 is 0 Å². The molecule has 0 bridgehead atoms. The summed E-state index contributed by atoms with van der Waals surface area (Å²) in [4.78, 5) is 16.8. The number of fused-ring (bicyclic) bond motifs is 1. The highest BCUT2D eigenvalue weighted by atomic mass is 35.5. The van der Waals surface area contributed by atoms with E-state index in [-0.39, 0.29) is 5.91 Å². The van der Waals surface area contributed by atoms with Crippen molar-refractivity contribution < 1.29 is 4.79 Å². The smallest absolute Gasteiger partial charge is 0.255 e. The van der Waals surface area contributed by atoms with E-state index in [1.807, 2.05) is 13.2 Å². The van der Waals surface area contributed by atoms with E-state index in [0.29, 0.717) is 33.9 Å².